The second kappa shape index (κ2) is 4.44. The summed E-state index contributed by atoms with van der Waals surface area (Å²) in [5.41, 5.74) is 8.00. The second-order valence-corrected chi connectivity index (χ2v) is 4.46. The van der Waals surface area contributed by atoms with Gasteiger partial charge < -0.3 is 10.6 Å². The van der Waals surface area contributed by atoms with E-state index in [2.05, 4.69) is 4.98 Å². The number of fused-ring (bicyclic) bond motifs is 1. The number of aromatic nitrogens is 1. The number of benzene rings is 1. The smallest absolute Gasteiger partial charge is 0.248 e. The van der Waals surface area contributed by atoms with Crippen LogP contribution in [0.4, 0.5) is 10.1 Å². The first-order valence-electron chi connectivity index (χ1n) is 5.92. The Morgan fingerprint density at radius 1 is 1.26 bits per heavy atom. The number of nitrogens with two attached hydrogens (primary N) is 1. The van der Waals surface area contributed by atoms with Gasteiger partial charge in [-0.1, -0.05) is 6.07 Å². The quantitative estimate of drug-likeness (QED) is 0.892. The molecule has 0 bridgehead atoms. The van der Waals surface area contributed by atoms with Gasteiger partial charge in [0, 0.05) is 18.0 Å². The number of pyridine rings is 1. The molecule has 19 heavy (non-hydrogen) atoms. The van der Waals surface area contributed by atoms with Crippen LogP contribution in [-0.4, -0.2) is 10.9 Å². The van der Waals surface area contributed by atoms with E-state index in [1.165, 1.54) is 17.0 Å². The number of rotatable bonds is 2. The summed E-state index contributed by atoms with van der Waals surface area (Å²) in [6.07, 6.45) is 3.31. The van der Waals surface area contributed by atoms with Crippen molar-refractivity contribution in [2.45, 2.75) is 12.6 Å². The zero-order valence-electron chi connectivity index (χ0n) is 10.1. The Bertz CT molecular complexity index is 630. The molecule has 1 unspecified atom stereocenters. The largest absolute Gasteiger partial charge is 0.316 e. The zero-order valence-corrected chi connectivity index (χ0v) is 10.1. The van der Waals surface area contributed by atoms with Crippen molar-refractivity contribution >= 4 is 11.6 Å². The first-order chi connectivity index (χ1) is 9.16. The molecule has 3 rings (SSSR count). The monoisotopic (exact) mass is 257 g/mol. The SMILES string of the molecule is NC1C(=O)N(Cc2ccncc2)c2cc(F)ccc21. The molecule has 1 aromatic heterocycles. The average Bonchev–Trinajstić information content (AvgIpc) is 2.65. The third-order valence-corrected chi connectivity index (χ3v) is 3.24. The summed E-state index contributed by atoms with van der Waals surface area (Å²) < 4.78 is 13.3. The first-order valence-corrected chi connectivity index (χ1v) is 5.92. The van der Waals surface area contributed by atoms with Crippen LogP contribution in [-0.2, 0) is 11.3 Å². The Morgan fingerprint density at radius 3 is 2.74 bits per heavy atom. The fraction of sp³-hybridized carbons (Fsp3) is 0.143. The van der Waals surface area contributed by atoms with Crippen molar-refractivity contribution in [1.29, 1.82) is 0 Å². The molecule has 0 saturated carbocycles. The molecule has 1 amide bonds. The Hall–Kier alpha value is -2.27. The summed E-state index contributed by atoms with van der Waals surface area (Å²) >= 11 is 0. The zero-order chi connectivity index (χ0) is 13.4. The molecule has 2 aromatic rings. The number of hydrogen-bond acceptors (Lipinski definition) is 3. The Labute approximate surface area is 109 Å². The lowest BCUT2D eigenvalue weighted by Crippen LogP contribution is -2.31. The number of anilines is 1. The van der Waals surface area contributed by atoms with Crippen LogP contribution in [0.5, 0.6) is 0 Å². The molecule has 0 fully saturated rings. The maximum Gasteiger partial charge on any atom is 0.248 e. The van der Waals surface area contributed by atoms with E-state index in [4.69, 9.17) is 5.73 Å². The van der Waals surface area contributed by atoms with E-state index < -0.39 is 6.04 Å². The van der Waals surface area contributed by atoms with Crippen LogP contribution in [0.2, 0.25) is 0 Å². The van der Waals surface area contributed by atoms with Crippen molar-refractivity contribution in [3.8, 4) is 0 Å². The molecule has 1 aromatic carbocycles. The van der Waals surface area contributed by atoms with Crippen LogP contribution in [0.25, 0.3) is 0 Å². The van der Waals surface area contributed by atoms with Crippen molar-refractivity contribution < 1.29 is 9.18 Å². The van der Waals surface area contributed by atoms with Crippen LogP contribution in [0, 0.1) is 5.82 Å². The predicted molar refractivity (Wildman–Crippen MR) is 68.8 cm³/mol. The highest BCUT2D eigenvalue weighted by Crippen LogP contribution is 2.35. The van der Waals surface area contributed by atoms with Gasteiger partial charge in [0.05, 0.1) is 12.2 Å². The molecule has 1 aliphatic rings. The molecule has 1 atom stereocenters. The third-order valence-electron chi connectivity index (χ3n) is 3.24. The molecular formula is C14H12FN3O. The number of nitrogens with zero attached hydrogens (tertiary/aromatic N) is 2. The number of amides is 1. The molecule has 2 heterocycles. The molecule has 4 nitrogen and oxygen atoms in total. The summed E-state index contributed by atoms with van der Waals surface area (Å²) in [5, 5.41) is 0. The van der Waals surface area contributed by atoms with Gasteiger partial charge in [0.1, 0.15) is 11.9 Å². The molecule has 0 saturated heterocycles. The lowest BCUT2D eigenvalue weighted by atomic mass is 10.1. The van der Waals surface area contributed by atoms with Gasteiger partial charge in [-0.3, -0.25) is 9.78 Å². The standard InChI is InChI=1S/C14H12FN3O/c15-10-1-2-11-12(7-10)18(14(19)13(11)16)8-9-3-5-17-6-4-9/h1-7,13H,8,16H2. The van der Waals surface area contributed by atoms with Crippen molar-refractivity contribution in [2.24, 2.45) is 5.73 Å². The Morgan fingerprint density at radius 2 is 2.00 bits per heavy atom. The summed E-state index contributed by atoms with van der Waals surface area (Å²) in [5.74, 6) is -0.585. The second-order valence-electron chi connectivity index (χ2n) is 4.46. The lowest BCUT2D eigenvalue weighted by molar-refractivity contribution is -0.119. The molecule has 0 aliphatic carbocycles. The molecule has 5 heteroatoms. The summed E-state index contributed by atoms with van der Waals surface area (Å²) in [6.45, 7) is 0.367. The highest BCUT2D eigenvalue weighted by molar-refractivity contribution is 6.04. The van der Waals surface area contributed by atoms with E-state index in [1.54, 1.807) is 18.5 Å². The minimum atomic E-state index is -0.711. The minimum absolute atomic E-state index is 0.211. The maximum absolute atomic E-state index is 13.3. The highest BCUT2D eigenvalue weighted by Gasteiger charge is 2.34. The maximum atomic E-state index is 13.3. The van der Waals surface area contributed by atoms with E-state index in [0.717, 1.165) is 5.56 Å². The van der Waals surface area contributed by atoms with Crippen LogP contribution < -0.4 is 10.6 Å². The Kier molecular flexibility index (Phi) is 2.76. The fourth-order valence-electron chi connectivity index (χ4n) is 2.27. The predicted octanol–water partition coefficient (Wildman–Crippen LogP) is 1.77. The van der Waals surface area contributed by atoms with Gasteiger partial charge in [0.25, 0.3) is 0 Å². The topological polar surface area (TPSA) is 59.2 Å². The summed E-state index contributed by atoms with van der Waals surface area (Å²) in [7, 11) is 0. The van der Waals surface area contributed by atoms with E-state index in [1.807, 2.05) is 12.1 Å². The van der Waals surface area contributed by atoms with E-state index in [9.17, 15) is 9.18 Å². The van der Waals surface area contributed by atoms with Crippen LogP contribution in [0.3, 0.4) is 0 Å². The van der Waals surface area contributed by atoms with Crippen LogP contribution >= 0.6 is 0 Å². The molecule has 1 aliphatic heterocycles. The minimum Gasteiger partial charge on any atom is -0.316 e. The van der Waals surface area contributed by atoms with Gasteiger partial charge in [-0.15, -0.1) is 0 Å². The molecule has 2 N–H and O–H groups in total. The number of halogens is 1. The third kappa shape index (κ3) is 1.98. The first kappa shape index (κ1) is 11.8. The normalized spacial score (nSPS) is 17.7. The van der Waals surface area contributed by atoms with Crippen molar-refractivity contribution in [3.05, 3.63) is 59.7 Å². The summed E-state index contributed by atoms with van der Waals surface area (Å²) in [6, 6.07) is 7.16. The molecular weight excluding hydrogens is 245 g/mol. The fourth-order valence-corrected chi connectivity index (χ4v) is 2.27. The van der Waals surface area contributed by atoms with Crippen LogP contribution in [0.15, 0.2) is 42.7 Å². The Balaban J connectivity index is 1.99. The molecule has 96 valence electrons. The number of hydrogen-bond donors (Lipinski definition) is 1. The lowest BCUT2D eigenvalue weighted by Gasteiger charge is -2.17. The van der Waals surface area contributed by atoms with Gasteiger partial charge in [0.2, 0.25) is 5.91 Å². The van der Waals surface area contributed by atoms with E-state index in [-0.39, 0.29) is 11.7 Å². The van der Waals surface area contributed by atoms with Gasteiger partial charge in [0.15, 0.2) is 0 Å². The molecule has 0 radical (unpaired) electrons. The van der Waals surface area contributed by atoms with E-state index >= 15 is 0 Å². The van der Waals surface area contributed by atoms with Gasteiger partial charge in [-0.2, -0.15) is 0 Å². The van der Waals surface area contributed by atoms with Crippen molar-refractivity contribution in [2.75, 3.05) is 4.90 Å². The van der Waals surface area contributed by atoms with Gasteiger partial charge in [-0.05, 0) is 29.8 Å². The summed E-state index contributed by atoms with van der Waals surface area (Å²) in [4.78, 5) is 17.6. The van der Waals surface area contributed by atoms with Crippen molar-refractivity contribution in [3.63, 3.8) is 0 Å². The highest BCUT2D eigenvalue weighted by atomic mass is 19.1. The molecule has 0 spiro atoms. The van der Waals surface area contributed by atoms with E-state index in [0.29, 0.717) is 17.8 Å². The van der Waals surface area contributed by atoms with Gasteiger partial charge >= 0.3 is 0 Å². The number of carbonyl (C=O) groups is 1. The number of carbonyl (C=O) groups excluding carboxylic acids is 1. The van der Waals surface area contributed by atoms with Crippen LogP contribution in [0.1, 0.15) is 17.2 Å². The average molecular weight is 257 g/mol. The van der Waals surface area contributed by atoms with Crippen molar-refractivity contribution in [1.82, 2.24) is 4.98 Å². The van der Waals surface area contributed by atoms with Gasteiger partial charge in [-0.25, -0.2) is 4.39 Å².